The van der Waals surface area contributed by atoms with E-state index in [0.29, 0.717) is 17.4 Å². The number of quaternary nitrogens is 1. The van der Waals surface area contributed by atoms with Crippen molar-refractivity contribution in [2.75, 3.05) is 47.5 Å². The predicted octanol–water partition coefficient (Wildman–Crippen LogP) is 6.34. The highest BCUT2D eigenvalue weighted by molar-refractivity contribution is 7.47. The fourth-order valence-corrected chi connectivity index (χ4v) is 4.20. The summed E-state index contributed by atoms with van der Waals surface area (Å²) in [5.41, 5.74) is 0. The van der Waals surface area contributed by atoms with Gasteiger partial charge in [0.25, 0.3) is 0 Å². The lowest BCUT2D eigenvalue weighted by Gasteiger charge is -2.24. The third-order valence-corrected chi connectivity index (χ3v) is 6.83. The van der Waals surface area contributed by atoms with Crippen molar-refractivity contribution in [3.05, 3.63) is 12.2 Å². The van der Waals surface area contributed by atoms with Gasteiger partial charge in [-0.1, -0.05) is 70.9 Å². The summed E-state index contributed by atoms with van der Waals surface area (Å²) in [6, 6.07) is 0. The lowest BCUT2D eigenvalue weighted by Crippen LogP contribution is -2.37. The molecular formula is C28H55NO8P+. The molecule has 10 heteroatoms. The molecule has 38 heavy (non-hydrogen) atoms. The Morgan fingerprint density at radius 3 is 1.97 bits per heavy atom. The summed E-state index contributed by atoms with van der Waals surface area (Å²) in [6.07, 6.45) is 17.8. The standard InChI is InChI=1S/C28H54NO8P/c1-6-8-9-10-11-12-13-14-15-16-17-18-19-20-21-28(31)37-26(24-34-27(30)7-2)25-36-38(32,33)35-23-22-29(3,4)5/h13-14,26H,6-12,15-25H2,1-5H3/p+1/b14-13-. The number of phosphoric ester groups is 1. The van der Waals surface area contributed by atoms with Crippen molar-refractivity contribution < 1.29 is 42.1 Å². The van der Waals surface area contributed by atoms with Crippen LogP contribution in [0, 0.1) is 0 Å². The van der Waals surface area contributed by atoms with Crippen LogP contribution in [-0.4, -0.2) is 74.9 Å². The number of likely N-dealkylation sites (N-methyl/N-ethyl adjacent to an activating group) is 1. The van der Waals surface area contributed by atoms with E-state index in [1.54, 1.807) is 6.92 Å². The zero-order valence-corrected chi connectivity index (χ0v) is 25.6. The molecule has 0 spiro atoms. The van der Waals surface area contributed by atoms with Crippen molar-refractivity contribution in [3.8, 4) is 0 Å². The Kier molecular flexibility index (Phi) is 21.8. The van der Waals surface area contributed by atoms with E-state index in [9.17, 15) is 19.0 Å². The van der Waals surface area contributed by atoms with E-state index in [0.717, 1.165) is 32.1 Å². The molecular weight excluding hydrogens is 509 g/mol. The first kappa shape index (κ1) is 36.8. The molecule has 0 fully saturated rings. The number of carbonyl (C=O) groups excluding carboxylic acids is 2. The SMILES string of the molecule is CCCCCCC/C=C\CCCCCCCC(=O)OC(COC(=O)CC)COP(=O)(O)OCC[N+](C)(C)C. The molecule has 0 radical (unpaired) electrons. The second-order valence-electron chi connectivity index (χ2n) is 10.7. The largest absolute Gasteiger partial charge is 0.472 e. The minimum absolute atomic E-state index is 0.0297. The monoisotopic (exact) mass is 564 g/mol. The van der Waals surface area contributed by atoms with Gasteiger partial charge in [0, 0.05) is 12.8 Å². The Labute approximate surface area is 231 Å². The molecule has 224 valence electrons. The van der Waals surface area contributed by atoms with E-state index in [2.05, 4.69) is 19.1 Å². The van der Waals surface area contributed by atoms with E-state index in [4.69, 9.17) is 18.5 Å². The molecule has 0 saturated heterocycles. The maximum absolute atomic E-state index is 12.3. The summed E-state index contributed by atoms with van der Waals surface area (Å²) in [5, 5.41) is 0. The molecule has 0 aromatic rings. The quantitative estimate of drug-likeness (QED) is 0.0450. The van der Waals surface area contributed by atoms with Gasteiger partial charge in [-0.2, -0.15) is 0 Å². The van der Waals surface area contributed by atoms with Crippen LogP contribution in [0.5, 0.6) is 0 Å². The summed E-state index contributed by atoms with van der Waals surface area (Å²) >= 11 is 0. The highest BCUT2D eigenvalue weighted by Crippen LogP contribution is 2.43. The Bertz CT molecular complexity index is 693. The average molecular weight is 565 g/mol. The normalized spacial score (nSPS) is 14.4. The lowest BCUT2D eigenvalue weighted by molar-refractivity contribution is -0.870. The van der Waals surface area contributed by atoms with Crippen LogP contribution in [0.4, 0.5) is 0 Å². The smallest absolute Gasteiger partial charge is 0.462 e. The zero-order chi connectivity index (χ0) is 28.7. The van der Waals surface area contributed by atoms with Crippen molar-refractivity contribution in [3.63, 3.8) is 0 Å². The first-order valence-electron chi connectivity index (χ1n) is 14.4. The first-order valence-corrected chi connectivity index (χ1v) is 15.9. The molecule has 0 heterocycles. The lowest BCUT2D eigenvalue weighted by atomic mass is 10.1. The molecule has 9 nitrogen and oxygen atoms in total. The van der Waals surface area contributed by atoms with Crippen LogP contribution < -0.4 is 0 Å². The van der Waals surface area contributed by atoms with Gasteiger partial charge in [0.05, 0.1) is 27.7 Å². The highest BCUT2D eigenvalue weighted by atomic mass is 31.2. The van der Waals surface area contributed by atoms with Crippen molar-refractivity contribution >= 4 is 19.8 Å². The van der Waals surface area contributed by atoms with E-state index in [1.807, 2.05) is 21.1 Å². The number of esters is 2. The number of phosphoric acid groups is 1. The van der Waals surface area contributed by atoms with Crippen LogP contribution in [0.1, 0.15) is 104 Å². The second kappa shape index (κ2) is 22.6. The van der Waals surface area contributed by atoms with E-state index in [1.165, 1.54) is 38.5 Å². The molecule has 0 aromatic heterocycles. The van der Waals surface area contributed by atoms with Gasteiger partial charge < -0.3 is 18.9 Å². The van der Waals surface area contributed by atoms with Crippen LogP contribution in [0.25, 0.3) is 0 Å². The van der Waals surface area contributed by atoms with E-state index >= 15 is 0 Å². The Morgan fingerprint density at radius 1 is 0.816 bits per heavy atom. The van der Waals surface area contributed by atoms with Gasteiger partial charge >= 0.3 is 19.8 Å². The van der Waals surface area contributed by atoms with Gasteiger partial charge in [-0.05, 0) is 32.1 Å². The third-order valence-electron chi connectivity index (χ3n) is 5.85. The molecule has 1 N–H and O–H groups in total. The van der Waals surface area contributed by atoms with Crippen molar-refractivity contribution in [1.82, 2.24) is 0 Å². The molecule has 0 aliphatic rings. The molecule has 0 saturated carbocycles. The van der Waals surface area contributed by atoms with Gasteiger partial charge in [0.2, 0.25) is 0 Å². The molecule has 0 aliphatic carbocycles. The van der Waals surface area contributed by atoms with Gasteiger partial charge in [0.15, 0.2) is 6.10 Å². The Balaban J connectivity index is 4.19. The number of unbranched alkanes of at least 4 members (excludes halogenated alkanes) is 10. The molecule has 0 amide bonds. The number of carbonyl (C=O) groups is 2. The summed E-state index contributed by atoms with van der Waals surface area (Å²) in [5.74, 6) is -0.911. The van der Waals surface area contributed by atoms with Crippen LogP contribution >= 0.6 is 7.82 Å². The number of hydrogen-bond donors (Lipinski definition) is 1. The molecule has 0 bridgehead atoms. The van der Waals surface area contributed by atoms with Crippen LogP contribution in [-0.2, 0) is 32.7 Å². The third kappa shape index (κ3) is 25.1. The summed E-state index contributed by atoms with van der Waals surface area (Å²) in [7, 11) is 1.46. The number of allylic oxidation sites excluding steroid dienone is 2. The molecule has 2 atom stereocenters. The van der Waals surface area contributed by atoms with E-state index in [-0.39, 0.29) is 26.1 Å². The maximum atomic E-state index is 12.3. The van der Waals surface area contributed by atoms with Gasteiger partial charge in [-0.3, -0.25) is 18.6 Å². The fraction of sp³-hybridized carbons (Fsp3) is 0.857. The van der Waals surface area contributed by atoms with Crippen LogP contribution in [0.2, 0.25) is 0 Å². The van der Waals surface area contributed by atoms with Gasteiger partial charge in [-0.15, -0.1) is 0 Å². The number of hydrogen-bond acceptors (Lipinski definition) is 7. The van der Waals surface area contributed by atoms with Crippen molar-refractivity contribution in [2.24, 2.45) is 0 Å². The molecule has 0 rings (SSSR count). The molecule has 0 aliphatic heterocycles. The minimum atomic E-state index is -4.33. The number of ether oxygens (including phenoxy) is 2. The van der Waals surface area contributed by atoms with Crippen LogP contribution in [0.15, 0.2) is 12.2 Å². The summed E-state index contributed by atoms with van der Waals surface area (Å²) in [6.45, 7) is 3.77. The maximum Gasteiger partial charge on any atom is 0.472 e. The van der Waals surface area contributed by atoms with Gasteiger partial charge in [-0.25, -0.2) is 4.57 Å². The predicted molar refractivity (Wildman–Crippen MR) is 151 cm³/mol. The molecule has 0 aromatic carbocycles. The average Bonchev–Trinajstić information content (AvgIpc) is 2.84. The van der Waals surface area contributed by atoms with Gasteiger partial charge in [0.1, 0.15) is 19.8 Å². The molecule has 2 unspecified atom stereocenters. The first-order chi connectivity index (χ1) is 18.0. The summed E-state index contributed by atoms with van der Waals surface area (Å²) in [4.78, 5) is 33.7. The summed E-state index contributed by atoms with van der Waals surface area (Å²) < 4.78 is 33.1. The minimum Gasteiger partial charge on any atom is -0.462 e. The second-order valence-corrected chi connectivity index (χ2v) is 12.2. The zero-order valence-electron chi connectivity index (χ0n) is 24.7. The van der Waals surface area contributed by atoms with Crippen molar-refractivity contribution in [1.29, 1.82) is 0 Å². The number of rotatable bonds is 25. The van der Waals surface area contributed by atoms with Crippen molar-refractivity contribution in [2.45, 2.75) is 110 Å². The Morgan fingerprint density at radius 2 is 1.39 bits per heavy atom. The Hall–Kier alpha value is -1.25. The topological polar surface area (TPSA) is 108 Å². The fourth-order valence-electron chi connectivity index (χ4n) is 3.46. The number of nitrogens with zero attached hydrogens (tertiary/aromatic N) is 1. The highest BCUT2D eigenvalue weighted by Gasteiger charge is 2.26. The van der Waals surface area contributed by atoms with E-state index < -0.39 is 32.5 Å². The van der Waals surface area contributed by atoms with Crippen LogP contribution in [0.3, 0.4) is 0 Å².